The quantitative estimate of drug-likeness (QED) is 0.384. The molecule has 2 aromatic heterocycles. The van der Waals surface area contributed by atoms with Crippen molar-refractivity contribution in [3.8, 4) is 22.8 Å². The number of aromatic nitrogens is 2. The second-order valence-electron chi connectivity index (χ2n) is 7.15. The van der Waals surface area contributed by atoms with E-state index in [0.29, 0.717) is 33.8 Å². The zero-order valence-electron chi connectivity index (χ0n) is 16.4. The highest BCUT2D eigenvalue weighted by Crippen LogP contribution is 2.46. The average molecular weight is 402 g/mol. The first-order valence-electron chi connectivity index (χ1n) is 9.49. The molecule has 150 valence electrons. The van der Waals surface area contributed by atoms with Gasteiger partial charge < -0.3 is 13.9 Å². The Bertz CT molecular complexity index is 1340. The summed E-state index contributed by atoms with van der Waals surface area (Å²) in [5.74, 6) is 0.336. The van der Waals surface area contributed by atoms with Gasteiger partial charge in [-0.3, -0.25) is 14.3 Å². The summed E-state index contributed by atoms with van der Waals surface area (Å²) < 4.78 is 18.9. The van der Waals surface area contributed by atoms with Crippen LogP contribution in [-0.4, -0.2) is 22.9 Å². The average Bonchev–Trinajstić information content (AvgIpc) is 3.18. The van der Waals surface area contributed by atoms with Crippen molar-refractivity contribution in [1.29, 1.82) is 0 Å². The molecule has 5 rings (SSSR count). The Labute approximate surface area is 171 Å². The minimum Gasteiger partial charge on any atom is -0.496 e. The van der Waals surface area contributed by atoms with Crippen LogP contribution in [0.2, 0.25) is 0 Å². The molecule has 0 aliphatic carbocycles. The summed E-state index contributed by atoms with van der Waals surface area (Å²) in [5, 5.41) is 4.55. The number of nitrogens with zero attached hydrogens (tertiary/aromatic N) is 2. The highest BCUT2D eigenvalue weighted by Gasteiger charge is 2.35. The van der Waals surface area contributed by atoms with E-state index in [2.05, 4.69) is 5.10 Å². The standard InChI is InChI=1S/C23H18N2O5/c1-25-15(8-9-24-25)14-10-20(27)29-19-12-18(28-2)22-16(26)11-17(30-23(22)21(14)19)13-6-4-3-5-7-13/h3-9,11-12,14H,10H2,1-2H3/t14-/m0/s1. The van der Waals surface area contributed by atoms with E-state index in [0.717, 1.165) is 11.3 Å². The van der Waals surface area contributed by atoms with Crippen molar-refractivity contribution in [2.45, 2.75) is 12.3 Å². The van der Waals surface area contributed by atoms with Gasteiger partial charge in [-0.2, -0.15) is 5.10 Å². The molecule has 1 aliphatic rings. The van der Waals surface area contributed by atoms with E-state index in [1.165, 1.54) is 13.2 Å². The molecule has 0 saturated heterocycles. The Hall–Kier alpha value is -3.87. The molecule has 30 heavy (non-hydrogen) atoms. The van der Waals surface area contributed by atoms with Crippen molar-refractivity contribution in [3.05, 3.63) is 76.2 Å². The van der Waals surface area contributed by atoms with Gasteiger partial charge in [0.25, 0.3) is 0 Å². The summed E-state index contributed by atoms with van der Waals surface area (Å²) in [7, 11) is 3.28. The number of hydrogen-bond donors (Lipinski definition) is 0. The van der Waals surface area contributed by atoms with Gasteiger partial charge in [0.05, 0.1) is 13.5 Å². The number of ether oxygens (including phenoxy) is 2. The molecule has 0 radical (unpaired) electrons. The lowest BCUT2D eigenvalue weighted by Gasteiger charge is -2.26. The second kappa shape index (κ2) is 6.88. The molecular formula is C23H18N2O5. The summed E-state index contributed by atoms with van der Waals surface area (Å²) in [5.41, 5.74) is 2.37. The Morgan fingerprint density at radius 3 is 2.63 bits per heavy atom. The fraction of sp³-hybridized carbons (Fsp3) is 0.174. The van der Waals surface area contributed by atoms with Gasteiger partial charge in [0.1, 0.15) is 28.2 Å². The fourth-order valence-corrected chi connectivity index (χ4v) is 4.03. The van der Waals surface area contributed by atoms with Crippen LogP contribution in [-0.2, 0) is 11.8 Å². The number of methoxy groups -OCH3 is 1. The molecule has 0 amide bonds. The van der Waals surface area contributed by atoms with Gasteiger partial charge in [0.2, 0.25) is 0 Å². The smallest absolute Gasteiger partial charge is 0.312 e. The third-order valence-corrected chi connectivity index (χ3v) is 5.40. The van der Waals surface area contributed by atoms with Gasteiger partial charge in [-0.15, -0.1) is 0 Å². The maximum atomic E-state index is 13.1. The first kappa shape index (κ1) is 18.2. The van der Waals surface area contributed by atoms with E-state index in [-0.39, 0.29) is 23.7 Å². The first-order chi connectivity index (χ1) is 14.6. The van der Waals surface area contributed by atoms with Crippen LogP contribution in [0.15, 0.2) is 63.9 Å². The predicted octanol–water partition coefficient (Wildman–Crippen LogP) is 3.64. The second-order valence-corrected chi connectivity index (χ2v) is 7.15. The highest BCUT2D eigenvalue weighted by molar-refractivity contribution is 5.93. The van der Waals surface area contributed by atoms with Crippen molar-refractivity contribution in [1.82, 2.24) is 9.78 Å². The van der Waals surface area contributed by atoms with Crippen LogP contribution in [0.5, 0.6) is 11.5 Å². The van der Waals surface area contributed by atoms with E-state index < -0.39 is 0 Å². The maximum Gasteiger partial charge on any atom is 0.312 e. The van der Waals surface area contributed by atoms with Crippen LogP contribution in [0.1, 0.15) is 23.6 Å². The fourth-order valence-electron chi connectivity index (χ4n) is 4.03. The first-order valence-corrected chi connectivity index (χ1v) is 9.49. The molecule has 7 nitrogen and oxygen atoms in total. The molecule has 3 heterocycles. The van der Waals surface area contributed by atoms with Crippen molar-refractivity contribution < 1.29 is 18.7 Å². The monoisotopic (exact) mass is 402 g/mol. The van der Waals surface area contributed by atoms with E-state index in [9.17, 15) is 9.59 Å². The summed E-state index contributed by atoms with van der Waals surface area (Å²) in [6.45, 7) is 0. The number of aryl methyl sites for hydroxylation is 1. The van der Waals surface area contributed by atoms with Crippen LogP contribution in [0, 0.1) is 0 Å². The molecule has 1 atom stereocenters. The lowest BCUT2D eigenvalue weighted by atomic mass is 9.88. The third-order valence-electron chi connectivity index (χ3n) is 5.40. The van der Waals surface area contributed by atoms with E-state index in [4.69, 9.17) is 13.9 Å². The van der Waals surface area contributed by atoms with Gasteiger partial charge in [-0.1, -0.05) is 30.3 Å². The van der Waals surface area contributed by atoms with Gasteiger partial charge in [0.15, 0.2) is 5.43 Å². The number of fused-ring (bicyclic) bond motifs is 3. The SMILES string of the molecule is COc1cc2c(c3oc(-c4ccccc4)cc(=O)c13)[C@H](c1ccnn1C)CC(=O)O2. The third kappa shape index (κ3) is 2.78. The summed E-state index contributed by atoms with van der Waals surface area (Å²) >= 11 is 0. The number of rotatable bonds is 3. The molecule has 0 saturated carbocycles. The minimum absolute atomic E-state index is 0.118. The van der Waals surface area contributed by atoms with Crippen molar-refractivity contribution in [3.63, 3.8) is 0 Å². The van der Waals surface area contributed by atoms with E-state index in [1.807, 2.05) is 43.4 Å². The lowest BCUT2D eigenvalue weighted by molar-refractivity contribution is -0.135. The number of benzene rings is 2. The largest absolute Gasteiger partial charge is 0.496 e. The zero-order valence-corrected chi connectivity index (χ0v) is 16.4. The molecule has 4 aromatic rings. The molecule has 0 spiro atoms. The zero-order chi connectivity index (χ0) is 20.8. The summed E-state index contributed by atoms with van der Waals surface area (Å²) in [6.07, 6.45) is 1.79. The number of hydrogen-bond acceptors (Lipinski definition) is 6. The van der Waals surface area contributed by atoms with Gasteiger partial charge in [-0.25, -0.2) is 0 Å². The molecule has 7 heteroatoms. The number of carbonyl (C=O) groups excluding carboxylic acids is 1. The topological polar surface area (TPSA) is 83.6 Å². The highest BCUT2D eigenvalue weighted by atomic mass is 16.5. The Morgan fingerprint density at radius 2 is 1.93 bits per heavy atom. The van der Waals surface area contributed by atoms with Gasteiger partial charge in [0, 0.05) is 48.1 Å². The molecule has 0 N–H and O–H groups in total. The Kier molecular flexibility index (Phi) is 4.17. The van der Waals surface area contributed by atoms with Crippen LogP contribution in [0.25, 0.3) is 22.3 Å². The molecular weight excluding hydrogens is 384 g/mol. The lowest BCUT2D eigenvalue weighted by Crippen LogP contribution is -2.23. The van der Waals surface area contributed by atoms with E-state index in [1.54, 1.807) is 16.9 Å². The van der Waals surface area contributed by atoms with Crippen LogP contribution in [0.4, 0.5) is 0 Å². The van der Waals surface area contributed by atoms with Crippen molar-refractivity contribution in [2.75, 3.05) is 7.11 Å². The molecule has 1 aliphatic heterocycles. The molecule has 2 aromatic carbocycles. The molecule has 0 fully saturated rings. The molecule has 0 bridgehead atoms. The maximum absolute atomic E-state index is 13.1. The van der Waals surface area contributed by atoms with Crippen LogP contribution >= 0.6 is 0 Å². The summed E-state index contributed by atoms with van der Waals surface area (Å²) in [4.78, 5) is 25.4. The van der Waals surface area contributed by atoms with Crippen LogP contribution in [0.3, 0.4) is 0 Å². The van der Waals surface area contributed by atoms with Gasteiger partial charge >= 0.3 is 5.97 Å². The summed E-state index contributed by atoms with van der Waals surface area (Å²) in [6, 6.07) is 14.3. The Morgan fingerprint density at radius 1 is 1.13 bits per heavy atom. The normalized spacial score (nSPS) is 15.7. The van der Waals surface area contributed by atoms with Crippen molar-refractivity contribution >= 4 is 16.9 Å². The number of esters is 1. The number of carbonyl (C=O) groups is 1. The molecule has 0 unspecified atom stereocenters. The minimum atomic E-state index is -0.365. The van der Waals surface area contributed by atoms with Crippen molar-refractivity contribution in [2.24, 2.45) is 7.05 Å². The predicted molar refractivity (Wildman–Crippen MR) is 110 cm³/mol. The Balaban J connectivity index is 1.87. The van der Waals surface area contributed by atoms with Crippen LogP contribution < -0.4 is 14.9 Å². The van der Waals surface area contributed by atoms with Gasteiger partial charge in [-0.05, 0) is 6.07 Å². The van der Waals surface area contributed by atoms with E-state index >= 15 is 0 Å².